The molecular weight excluding hydrogens is 857 g/mol. The number of aliphatic imine (C=N–C) groups is 1. The molecule has 4 N–H and O–H groups in total. The van der Waals surface area contributed by atoms with Gasteiger partial charge in [0.25, 0.3) is 0 Å². The number of aliphatic hydroxyl groups is 2. The highest BCUT2D eigenvalue weighted by Gasteiger charge is 2.20. The Morgan fingerprint density at radius 2 is 1.30 bits per heavy atom. The van der Waals surface area contributed by atoms with Gasteiger partial charge in [-0.15, -0.1) is 0 Å². The lowest BCUT2D eigenvalue weighted by atomic mass is 9.92. The number of carboxylic acid groups (broad SMARTS) is 1. The predicted octanol–water partition coefficient (Wildman–Crippen LogP) is 8.72. The minimum absolute atomic E-state index is 0.0294. The van der Waals surface area contributed by atoms with Crippen molar-refractivity contribution in [1.29, 1.82) is 5.26 Å². The molecule has 13 nitrogen and oxygen atoms in total. The number of carbonyl (C=O) groups is 1. The summed E-state index contributed by atoms with van der Waals surface area (Å²) in [6.07, 6.45) is 8.20. The van der Waals surface area contributed by atoms with Crippen molar-refractivity contribution in [3.05, 3.63) is 163 Å². The zero-order valence-electron chi connectivity index (χ0n) is 35.5. The molecule has 6 rings (SSSR count). The molecule has 0 aliphatic rings. The number of aliphatic carboxylic acids is 1. The monoisotopic (exact) mass is 903 g/mol. The van der Waals surface area contributed by atoms with Gasteiger partial charge in [-0.05, 0) is 77.9 Å². The number of pyridine rings is 2. The Labute approximate surface area is 381 Å². The van der Waals surface area contributed by atoms with Crippen LogP contribution in [0.4, 0.5) is 0 Å². The Bertz CT molecular complexity index is 2670. The highest BCUT2D eigenvalue weighted by Crippen LogP contribution is 2.37. The Balaban J connectivity index is 1.19. The number of benzene rings is 4. The lowest BCUT2D eigenvalue weighted by molar-refractivity contribution is -0.140. The third-order valence-corrected chi connectivity index (χ3v) is 11.0. The van der Waals surface area contributed by atoms with Crippen LogP contribution < -0.4 is 24.3 Å². The van der Waals surface area contributed by atoms with Crippen molar-refractivity contribution < 1.29 is 39.1 Å². The number of ether oxygens (including phenoxy) is 4. The topological polar surface area (TPSA) is 189 Å². The van der Waals surface area contributed by atoms with Crippen LogP contribution in [0.1, 0.15) is 62.1 Å². The number of nitriles is 1. The smallest absolute Gasteiger partial charge is 0.320 e. The van der Waals surface area contributed by atoms with E-state index >= 15 is 0 Å². The van der Waals surface area contributed by atoms with Crippen LogP contribution in [0.5, 0.6) is 23.0 Å². The summed E-state index contributed by atoms with van der Waals surface area (Å²) < 4.78 is 24.9. The molecule has 0 spiro atoms. The van der Waals surface area contributed by atoms with E-state index in [1.807, 2.05) is 44.2 Å². The molecule has 15 heteroatoms. The van der Waals surface area contributed by atoms with Gasteiger partial charge in [-0.3, -0.25) is 19.8 Å². The third kappa shape index (κ3) is 12.1. The average Bonchev–Trinajstić information content (AvgIpc) is 3.29. The first-order valence-corrected chi connectivity index (χ1v) is 21.0. The second-order valence-electron chi connectivity index (χ2n) is 14.8. The van der Waals surface area contributed by atoms with E-state index in [4.69, 9.17) is 42.1 Å². The maximum absolute atomic E-state index is 11.8. The van der Waals surface area contributed by atoms with Crippen LogP contribution in [0.25, 0.3) is 11.1 Å². The van der Waals surface area contributed by atoms with Gasteiger partial charge in [-0.1, -0.05) is 59.6 Å². The second-order valence-corrected chi connectivity index (χ2v) is 15.6. The number of hydrogen-bond acceptors (Lipinski definition) is 12. The molecule has 2 heterocycles. The number of aliphatic hydroxyl groups excluding tert-OH is 2. The molecule has 0 fully saturated rings. The van der Waals surface area contributed by atoms with Crippen LogP contribution in [-0.2, 0) is 44.4 Å². The van der Waals surface area contributed by atoms with Crippen LogP contribution in [0.15, 0.2) is 103 Å². The Morgan fingerprint density at radius 1 is 0.750 bits per heavy atom. The summed E-state index contributed by atoms with van der Waals surface area (Å²) in [6.45, 7) is 4.27. The zero-order valence-corrected chi connectivity index (χ0v) is 37.0. The van der Waals surface area contributed by atoms with Crippen LogP contribution >= 0.6 is 23.2 Å². The normalized spacial score (nSPS) is 11.6. The Kier molecular flexibility index (Phi) is 16.7. The van der Waals surface area contributed by atoms with Gasteiger partial charge in [-0.2, -0.15) is 5.26 Å². The van der Waals surface area contributed by atoms with Crippen molar-refractivity contribution in [2.45, 2.75) is 65.9 Å². The summed E-state index contributed by atoms with van der Waals surface area (Å²) >= 11 is 13.4. The van der Waals surface area contributed by atoms with Crippen LogP contribution in [-0.4, -0.2) is 57.2 Å². The SMILES string of the molecule is C/N=C\c1cncc(COc2cc(OCc3cccc(-c4cccc(COc5cc(OCc6cncc(C#N)c6)c(CO)cc5Cl)c4C)c3C)c(Cl)cc2CN[C@H](CCO)C(=O)O)c1. The summed E-state index contributed by atoms with van der Waals surface area (Å²) in [5.74, 6) is 0.506. The largest absolute Gasteiger partial charge is 0.488 e. The van der Waals surface area contributed by atoms with E-state index in [0.717, 1.165) is 44.5 Å². The lowest BCUT2D eigenvalue weighted by Gasteiger charge is -2.19. The van der Waals surface area contributed by atoms with E-state index in [2.05, 4.69) is 38.5 Å². The molecule has 4 aromatic carbocycles. The summed E-state index contributed by atoms with van der Waals surface area (Å²) in [5.41, 5.74) is 9.71. The van der Waals surface area contributed by atoms with E-state index < -0.39 is 12.0 Å². The van der Waals surface area contributed by atoms with E-state index in [1.54, 1.807) is 62.2 Å². The molecule has 0 unspecified atom stereocenters. The van der Waals surface area contributed by atoms with E-state index in [-0.39, 0.29) is 52.6 Å². The first-order chi connectivity index (χ1) is 31.0. The number of aromatic nitrogens is 2. The van der Waals surface area contributed by atoms with E-state index in [9.17, 15) is 25.4 Å². The third-order valence-electron chi connectivity index (χ3n) is 10.4. The molecule has 0 aliphatic heterocycles. The number of carboxylic acids is 1. The molecule has 0 bridgehead atoms. The van der Waals surface area contributed by atoms with Crippen molar-refractivity contribution in [2.24, 2.45) is 4.99 Å². The maximum atomic E-state index is 11.8. The second kappa shape index (κ2) is 22.7. The Morgan fingerprint density at radius 3 is 1.84 bits per heavy atom. The van der Waals surface area contributed by atoms with E-state index in [1.165, 1.54) is 6.20 Å². The molecule has 6 aromatic rings. The summed E-state index contributed by atoms with van der Waals surface area (Å²) in [7, 11) is 1.68. The van der Waals surface area contributed by atoms with Crippen molar-refractivity contribution in [3.63, 3.8) is 0 Å². The molecule has 1 atom stereocenters. The maximum Gasteiger partial charge on any atom is 0.320 e. The number of halogens is 2. The van der Waals surface area contributed by atoms with Crippen molar-refractivity contribution in [2.75, 3.05) is 13.7 Å². The zero-order chi connectivity index (χ0) is 45.6. The van der Waals surface area contributed by atoms with Gasteiger partial charge in [0.2, 0.25) is 0 Å². The van der Waals surface area contributed by atoms with Gasteiger partial charge in [0, 0.05) is 91.2 Å². The van der Waals surface area contributed by atoms with Crippen LogP contribution in [0, 0.1) is 25.2 Å². The van der Waals surface area contributed by atoms with Crippen molar-refractivity contribution >= 4 is 35.4 Å². The highest BCUT2D eigenvalue weighted by molar-refractivity contribution is 6.32. The van der Waals surface area contributed by atoms with Gasteiger partial charge in [0.15, 0.2) is 0 Å². The fraction of sp³-hybridized carbons (Fsp3) is 0.245. The molecule has 330 valence electrons. The van der Waals surface area contributed by atoms with E-state index in [0.29, 0.717) is 55.3 Å². The lowest BCUT2D eigenvalue weighted by Crippen LogP contribution is -2.37. The fourth-order valence-electron chi connectivity index (χ4n) is 6.91. The number of nitrogens with zero attached hydrogens (tertiary/aromatic N) is 4. The van der Waals surface area contributed by atoms with Crippen LogP contribution in [0.3, 0.4) is 0 Å². The quantitative estimate of drug-likeness (QED) is 0.0504. The van der Waals surface area contributed by atoms with Gasteiger partial charge in [-0.25, -0.2) is 0 Å². The molecule has 0 saturated carbocycles. The predicted molar refractivity (Wildman–Crippen MR) is 244 cm³/mol. The average molecular weight is 905 g/mol. The summed E-state index contributed by atoms with van der Waals surface area (Å²) in [6, 6.07) is 23.4. The van der Waals surface area contributed by atoms with Crippen LogP contribution in [0.2, 0.25) is 10.0 Å². The van der Waals surface area contributed by atoms with Gasteiger partial charge >= 0.3 is 5.97 Å². The van der Waals surface area contributed by atoms with Gasteiger partial charge < -0.3 is 39.6 Å². The summed E-state index contributed by atoms with van der Waals surface area (Å²) in [5, 5.41) is 41.9. The number of rotatable bonds is 21. The summed E-state index contributed by atoms with van der Waals surface area (Å²) in [4.78, 5) is 24.2. The molecule has 64 heavy (non-hydrogen) atoms. The molecule has 0 amide bonds. The number of hydrogen-bond donors (Lipinski definition) is 4. The Hall–Kier alpha value is -6.53. The van der Waals surface area contributed by atoms with Gasteiger partial charge in [0.05, 0.1) is 22.2 Å². The van der Waals surface area contributed by atoms with Crippen molar-refractivity contribution in [3.8, 4) is 40.2 Å². The molecule has 0 aliphatic carbocycles. The first kappa shape index (κ1) is 47.0. The molecule has 0 radical (unpaired) electrons. The minimum atomic E-state index is -1.08. The number of nitrogens with one attached hydrogen (secondary N) is 1. The molecular formula is C49H47Cl2N5O8. The minimum Gasteiger partial charge on any atom is -0.488 e. The fourth-order valence-corrected chi connectivity index (χ4v) is 7.39. The van der Waals surface area contributed by atoms with Gasteiger partial charge in [0.1, 0.15) is 61.5 Å². The molecule has 0 saturated heterocycles. The molecule has 2 aromatic heterocycles. The highest BCUT2D eigenvalue weighted by atomic mass is 35.5. The first-order valence-electron chi connectivity index (χ1n) is 20.2. The van der Waals surface area contributed by atoms with Crippen molar-refractivity contribution in [1.82, 2.24) is 15.3 Å². The standard InChI is InChI=1S/C49H47Cl2N5O8/c1-30-36(28-63-47-16-45(61-27-35-13-33(19-53-3)21-55-23-35)38(14-42(47)50)24-56-44(10-11-57)49(59)60)6-4-8-40(30)41-9-5-7-37(31(41)2)29-64-48-17-46(39(25-58)15-43(48)51)62-26-34-12-32(18-52)20-54-22-34/h4-9,12-17,19-23,44,56-58H,10-11,24-29H2,1-3H3,(H,59,60)/b53-19-/t44-/m1/s1.